The molecule has 4 N–H and O–H groups in total. The number of pyridine rings is 1. The molecule has 1 saturated heterocycles. The molecule has 3 aromatic rings. The first-order valence-corrected chi connectivity index (χ1v) is 9.39. The molecule has 0 spiro atoms. The van der Waals surface area contributed by atoms with E-state index < -0.39 is 0 Å². The first-order chi connectivity index (χ1) is 12.6. The van der Waals surface area contributed by atoms with Gasteiger partial charge in [0, 0.05) is 29.7 Å². The predicted molar refractivity (Wildman–Crippen MR) is 109 cm³/mol. The number of halogens is 1. The number of benzene rings is 2. The van der Waals surface area contributed by atoms with Gasteiger partial charge >= 0.3 is 0 Å². The lowest BCUT2D eigenvalue weighted by molar-refractivity contribution is 0.206. The standard InChI is InChI=1S/C21H23ClN4/c22-19-11-14(13-26-8-6-16(23)7-9-26)10-17-18(12-25-21(24)20(17)19)15-4-2-1-3-5-15/h1-5,10-12,16H,6-9,13,23H2,(H2,24,25). The third kappa shape index (κ3) is 3.40. The Morgan fingerprint density at radius 2 is 1.85 bits per heavy atom. The number of nitrogen functional groups attached to an aromatic ring is 1. The summed E-state index contributed by atoms with van der Waals surface area (Å²) >= 11 is 6.61. The summed E-state index contributed by atoms with van der Waals surface area (Å²) in [7, 11) is 0. The molecule has 4 nitrogen and oxygen atoms in total. The summed E-state index contributed by atoms with van der Waals surface area (Å²) < 4.78 is 0. The zero-order valence-corrected chi connectivity index (χ0v) is 15.4. The van der Waals surface area contributed by atoms with E-state index in [0.717, 1.165) is 54.4 Å². The molecule has 0 atom stereocenters. The molecule has 0 unspecified atom stereocenters. The summed E-state index contributed by atoms with van der Waals surface area (Å²) in [5, 5.41) is 2.55. The van der Waals surface area contributed by atoms with Crippen LogP contribution in [0.3, 0.4) is 0 Å². The monoisotopic (exact) mass is 366 g/mol. The van der Waals surface area contributed by atoms with E-state index in [1.54, 1.807) is 0 Å². The van der Waals surface area contributed by atoms with Crippen molar-refractivity contribution in [2.75, 3.05) is 18.8 Å². The molecular weight excluding hydrogens is 344 g/mol. The molecule has 4 rings (SSSR count). The maximum absolute atomic E-state index is 6.61. The van der Waals surface area contributed by atoms with Crippen molar-refractivity contribution in [3.8, 4) is 11.1 Å². The zero-order chi connectivity index (χ0) is 18.1. The van der Waals surface area contributed by atoms with Gasteiger partial charge in [0.15, 0.2) is 0 Å². The summed E-state index contributed by atoms with van der Waals surface area (Å²) in [6.45, 7) is 2.93. The molecule has 0 bridgehead atoms. The zero-order valence-electron chi connectivity index (χ0n) is 14.7. The molecule has 1 aliphatic rings. The maximum Gasteiger partial charge on any atom is 0.132 e. The second kappa shape index (κ2) is 7.23. The second-order valence-electron chi connectivity index (χ2n) is 7.04. The van der Waals surface area contributed by atoms with Crippen LogP contribution in [-0.4, -0.2) is 29.0 Å². The SMILES string of the molecule is Nc1ncc(-c2ccccc2)c2cc(CN3CCC(N)CC3)cc(Cl)c12. The lowest BCUT2D eigenvalue weighted by Gasteiger charge is -2.30. The lowest BCUT2D eigenvalue weighted by Crippen LogP contribution is -2.39. The highest BCUT2D eigenvalue weighted by Crippen LogP contribution is 2.36. The number of fused-ring (bicyclic) bond motifs is 1. The number of hydrogen-bond acceptors (Lipinski definition) is 4. The normalized spacial score (nSPS) is 16.2. The van der Waals surface area contributed by atoms with Crippen molar-refractivity contribution >= 4 is 28.2 Å². The van der Waals surface area contributed by atoms with E-state index in [1.165, 1.54) is 5.56 Å². The molecule has 26 heavy (non-hydrogen) atoms. The second-order valence-corrected chi connectivity index (χ2v) is 7.44. The van der Waals surface area contributed by atoms with E-state index in [4.69, 9.17) is 23.1 Å². The van der Waals surface area contributed by atoms with Crippen LogP contribution in [0, 0.1) is 0 Å². The van der Waals surface area contributed by atoms with Crippen LogP contribution in [0.1, 0.15) is 18.4 Å². The topological polar surface area (TPSA) is 68.2 Å². The number of piperidine rings is 1. The lowest BCUT2D eigenvalue weighted by atomic mass is 9.98. The van der Waals surface area contributed by atoms with Crippen molar-refractivity contribution in [1.82, 2.24) is 9.88 Å². The van der Waals surface area contributed by atoms with E-state index in [9.17, 15) is 0 Å². The minimum absolute atomic E-state index is 0.335. The molecule has 0 amide bonds. The molecule has 0 radical (unpaired) electrons. The Balaban J connectivity index is 1.77. The Morgan fingerprint density at radius 3 is 2.58 bits per heavy atom. The summed E-state index contributed by atoms with van der Waals surface area (Å²) in [4.78, 5) is 6.81. The van der Waals surface area contributed by atoms with Gasteiger partial charge in [0.25, 0.3) is 0 Å². The van der Waals surface area contributed by atoms with Gasteiger partial charge < -0.3 is 11.5 Å². The Kier molecular flexibility index (Phi) is 4.81. The van der Waals surface area contributed by atoms with Crippen LogP contribution in [0.2, 0.25) is 5.02 Å². The quantitative estimate of drug-likeness (QED) is 0.733. The molecule has 0 aliphatic carbocycles. The van der Waals surface area contributed by atoms with Crippen LogP contribution in [-0.2, 0) is 6.54 Å². The molecule has 0 saturated carbocycles. The van der Waals surface area contributed by atoms with Crippen molar-refractivity contribution in [1.29, 1.82) is 0 Å². The molecule has 2 heterocycles. The van der Waals surface area contributed by atoms with E-state index in [1.807, 2.05) is 30.5 Å². The van der Waals surface area contributed by atoms with Crippen molar-refractivity contribution in [3.05, 3.63) is 59.2 Å². The maximum atomic E-state index is 6.61. The first kappa shape index (κ1) is 17.3. The highest BCUT2D eigenvalue weighted by atomic mass is 35.5. The number of likely N-dealkylation sites (tertiary alicyclic amines) is 1. The molecule has 1 aromatic heterocycles. The van der Waals surface area contributed by atoms with Crippen molar-refractivity contribution < 1.29 is 0 Å². The van der Waals surface area contributed by atoms with Gasteiger partial charge in [-0.3, -0.25) is 4.90 Å². The van der Waals surface area contributed by atoms with Crippen LogP contribution in [0.25, 0.3) is 21.9 Å². The summed E-state index contributed by atoms with van der Waals surface area (Å²) in [5.41, 5.74) is 15.5. The molecular formula is C21H23ClN4. The Labute approximate surface area is 158 Å². The van der Waals surface area contributed by atoms with E-state index in [-0.39, 0.29) is 0 Å². The van der Waals surface area contributed by atoms with Crippen LogP contribution in [0.15, 0.2) is 48.7 Å². The van der Waals surface area contributed by atoms with E-state index in [2.05, 4.69) is 28.1 Å². The van der Waals surface area contributed by atoms with Gasteiger partial charge in [0.2, 0.25) is 0 Å². The molecule has 1 aliphatic heterocycles. The van der Waals surface area contributed by atoms with Crippen molar-refractivity contribution in [3.63, 3.8) is 0 Å². The van der Waals surface area contributed by atoms with Crippen LogP contribution >= 0.6 is 11.6 Å². The largest absolute Gasteiger partial charge is 0.383 e. The average molecular weight is 367 g/mol. The van der Waals surface area contributed by atoms with Crippen molar-refractivity contribution in [2.45, 2.75) is 25.4 Å². The van der Waals surface area contributed by atoms with Crippen LogP contribution in [0.4, 0.5) is 5.82 Å². The molecule has 1 fully saturated rings. The smallest absolute Gasteiger partial charge is 0.132 e. The average Bonchev–Trinajstić information content (AvgIpc) is 2.64. The van der Waals surface area contributed by atoms with Crippen molar-refractivity contribution in [2.24, 2.45) is 5.73 Å². The predicted octanol–water partition coefficient (Wildman–Crippen LogP) is 4.06. The van der Waals surface area contributed by atoms with Gasteiger partial charge in [0.05, 0.1) is 5.02 Å². The number of hydrogen-bond donors (Lipinski definition) is 2. The fraction of sp³-hybridized carbons (Fsp3) is 0.286. The van der Waals surface area contributed by atoms with E-state index in [0.29, 0.717) is 16.9 Å². The number of anilines is 1. The number of rotatable bonds is 3. The van der Waals surface area contributed by atoms with Gasteiger partial charge in [-0.2, -0.15) is 0 Å². The van der Waals surface area contributed by atoms with Gasteiger partial charge in [-0.15, -0.1) is 0 Å². The van der Waals surface area contributed by atoms with Gasteiger partial charge in [-0.05, 0) is 54.6 Å². The molecule has 134 valence electrons. The van der Waals surface area contributed by atoms with Gasteiger partial charge in [-0.25, -0.2) is 4.98 Å². The van der Waals surface area contributed by atoms with Crippen LogP contribution < -0.4 is 11.5 Å². The fourth-order valence-corrected chi connectivity index (χ4v) is 4.05. The summed E-state index contributed by atoms with van der Waals surface area (Å²) in [5.74, 6) is 0.472. The van der Waals surface area contributed by atoms with Gasteiger partial charge in [-0.1, -0.05) is 41.9 Å². The first-order valence-electron chi connectivity index (χ1n) is 9.02. The number of nitrogens with two attached hydrogens (primary N) is 2. The third-order valence-electron chi connectivity index (χ3n) is 5.15. The van der Waals surface area contributed by atoms with E-state index >= 15 is 0 Å². The third-order valence-corrected chi connectivity index (χ3v) is 5.45. The number of nitrogens with zero attached hydrogens (tertiary/aromatic N) is 2. The minimum atomic E-state index is 0.335. The highest BCUT2D eigenvalue weighted by molar-refractivity contribution is 6.37. The Bertz CT molecular complexity index is 918. The highest BCUT2D eigenvalue weighted by Gasteiger charge is 2.18. The van der Waals surface area contributed by atoms with Gasteiger partial charge in [0.1, 0.15) is 5.82 Å². The Morgan fingerprint density at radius 1 is 1.12 bits per heavy atom. The van der Waals surface area contributed by atoms with Crippen LogP contribution in [0.5, 0.6) is 0 Å². The Hall–Kier alpha value is -2.14. The fourth-order valence-electron chi connectivity index (χ4n) is 3.71. The minimum Gasteiger partial charge on any atom is -0.383 e. The number of aromatic nitrogens is 1. The summed E-state index contributed by atoms with van der Waals surface area (Å²) in [6.07, 6.45) is 3.94. The molecule has 5 heteroatoms. The summed E-state index contributed by atoms with van der Waals surface area (Å²) in [6, 6.07) is 14.8. The molecule has 2 aromatic carbocycles.